The van der Waals surface area contributed by atoms with Crippen LogP contribution in [0.25, 0.3) is 0 Å². The predicted octanol–water partition coefficient (Wildman–Crippen LogP) is -0.587. The van der Waals surface area contributed by atoms with E-state index in [2.05, 4.69) is 31.9 Å². The van der Waals surface area contributed by atoms with Crippen molar-refractivity contribution in [2.24, 2.45) is 5.73 Å². The van der Waals surface area contributed by atoms with Gasteiger partial charge in [-0.25, -0.2) is 9.59 Å². The minimum absolute atomic E-state index is 0.0273. The summed E-state index contributed by atoms with van der Waals surface area (Å²) in [6.45, 7) is 1.01. The Morgan fingerprint density at radius 1 is 0.724 bits per heavy atom. The first-order chi connectivity index (χ1) is 27.7. The van der Waals surface area contributed by atoms with E-state index in [0.717, 1.165) is 6.42 Å². The standard InChI is InChI=1S/C39H53N7O12/c1-2-3-5-11-26-20-32(49)42-31(22-47)37(55)45-28(18-23-9-6-4-7-10-23)36(54)44-29(19-24-13-15-25(48)16-14-24)35(53)43-27(12-8-17-41-39(40)57)34(52)46-30(21-33(50)51)38(56)58-26/h4,6-7,9-10,13-16,26-31,47-48H,2-3,5,8,11-12,17-22H2,1H3,(H,42,49)(H,43,53)(H,44,54)(H,45,55)(H,46,52)(H,50,51)(H3,40,41,57)/t26?,27-,28-,29-,30-,31-/m0/s1. The highest BCUT2D eigenvalue weighted by Crippen LogP contribution is 2.15. The topological polar surface area (TPSA) is 305 Å². The van der Waals surface area contributed by atoms with Crippen LogP contribution in [0.4, 0.5) is 4.79 Å². The van der Waals surface area contributed by atoms with E-state index in [-0.39, 0.29) is 44.4 Å². The van der Waals surface area contributed by atoms with Crippen LogP contribution in [0.15, 0.2) is 54.6 Å². The molecule has 1 fully saturated rings. The first kappa shape index (κ1) is 46.1. The molecule has 3 rings (SSSR count). The van der Waals surface area contributed by atoms with Gasteiger partial charge in [0.15, 0.2) is 0 Å². The summed E-state index contributed by atoms with van der Waals surface area (Å²) in [6.07, 6.45) is -0.823. The van der Waals surface area contributed by atoms with Gasteiger partial charge in [0.1, 0.15) is 42.1 Å². The Hall–Kier alpha value is -6.24. The SMILES string of the molecule is CCCCCC1CC(=O)N[C@@H](CO)C(=O)N[C@@H](Cc2ccccc2)C(=O)N[C@@H](Cc2ccc(O)cc2)C(=O)N[C@@H](CCCNC(N)=O)C(=O)N[C@@H](CC(=O)O)C(=O)O1. The van der Waals surface area contributed by atoms with Gasteiger partial charge < -0.3 is 57.7 Å². The molecule has 7 amide bonds. The third kappa shape index (κ3) is 16.1. The van der Waals surface area contributed by atoms with Gasteiger partial charge in [0.25, 0.3) is 0 Å². The van der Waals surface area contributed by atoms with Gasteiger partial charge in [0.05, 0.1) is 19.4 Å². The number of carbonyl (C=O) groups excluding carboxylic acids is 7. The molecule has 1 unspecified atom stereocenters. The summed E-state index contributed by atoms with van der Waals surface area (Å²) in [6, 6.07) is 5.83. The van der Waals surface area contributed by atoms with Crippen LogP contribution in [-0.2, 0) is 51.1 Å². The molecule has 2 aromatic carbocycles. The molecule has 1 saturated heterocycles. The molecule has 19 nitrogen and oxygen atoms in total. The van der Waals surface area contributed by atoms with Crippen molar-refractivity contribution in [1.82, 2.24) is 31.9 Å². The number of carboxylic acids is 1. The monoisotopic (exact) mass is 811 g/mol. The number of primary amides is 1. The Kier molecular flexibility index (Phi) is 18.9. The number of hydrogen-bond donors (Lipinski definition) is 10. The highest BCUT2D eigenvalue weighted by molar-refractivity contribution is 5.97. The number of esters is 1. The lowest BCUT2D eigenvalue weighted by atomic mass is 10.0. The third-order valence-corrected chi connectivity index (χ3v) is 9.17. The number of aliphatic carboxylic acids is 1. The number of urea groups is 1. The number of phenols is 1. The van der Waals surface area contributed by atoms with E-state index in [9.17, 15) is 53.7 Å². The summed E-state index contributed by atoms with van der Waals surface area (Å²) >= 11 is 0. The van der Waals surface area contributed by atoms with E-state index in [1.54, 1.807) is 30.3 Å². The summed E-state index contributed by atoms with van der Waals surface area (Å²) in [5.74, 6) is -7.23. The largest absolute Gasteiger partial charge is 0.508 e. The smallest absolute Gasteiger partial charge is 0.329 e. The van der Waals surface area contributed by atoms with Gasteiger partial charge in [0, 0.05) is 19.4 Å². The third-order valence-electron chi connectivity index (χ3n) is 9.17. The first-order valence-electron chi connectivity index (χ1n) is 19.1. The predicted molar refractivity (Wildman–Crippen MR) is 206 cm³/mol. The number of aliphatic hydroxyl groups excluding tert-OH is 1. The number of phenolic OH excluding ortho intramolecular Hbond substituents is 1. The molecule has 11 N–H and O–H groups in total. The second-order valence-electron chi connectivity index (χ2n) is 13.9. The number of benzene rings is 2. The van der Waals surface area contributed by atoms with E-state index in [0.29, 0.717) is 24.0 Å². The molecule has 316 valence electrons. The second-order valence-corrected chi connectivity index (χ2v) is 13.9. The van der Waals surface area contributed by atoms with Crippen molar-refractivity contribution in [1.29, 1.82) is 0 Å². The van der Waals surface area contributed by atoms with Crippen LogP contribution in [0.5, 0.6) is 5.75 Å². The summed E-state index contributed by atoms with van der Waals surface area (Å²) < 4.78 is 5.60. The number of carbonyl (C=O) groups is 8. The Balaban J connectivity index is 2.11. The number of hydrogen-bond acceptors (Lipinski definition) is 11. The average Bonchev–Trinajstić information content (AvgIpc) is 3.17. The highest BCUT2D eigenvalue weighted by atomic mass is 16.5. The van der Waals surface area contributed by atoms with Crippen LogP contribution >= 0.6 is 0 Å². The second kappa shape index (κ2) is 23.7. The quantitative estimate of drug-likeness (QED) is 0.0798. The number of cyclic esters (lactones) is 1. The molecule has 0 radical (unpaired) electrons. The molecule has 1 aliphatic rings. The molecule has 0 spiro atoms. The first-order valence-corrected chi connectivity index (χ1v) is 19.1. The van der Waals surface area contributed by atoms with Crippen molar-refractivity contribution in [2.75, 3.05) is 13.2 Å². The minimum Gasteiger partial charge on any atom is -0.508 e. The maximum Gasteiger partial charge on any atom is 0.329 e. The summed E-state index contributed by atoms with van der Waals surface area (Å²) in [5, 5.41) is 44.5. The summed E-state index contributed by atoms with van der Waals surface area (Å²) in [4.78, 5) is 106. The number of nitrogens with two attached hydrogens (primary N) is 1. The lowest BCUT2D eigenvalue weighted by Gasteiger charge is -2.27. The normalized spacial score (nSPS) is 22.7. The number of aromatic hydroxyl groups is 1. The highest BCUT2D eigenvalue weighted by Gasteiger charge is 2.35. The molecule has 0 bridgehead atoms. The van der Waals surface area contributed by atoms with Crippen LogP contribution in [0, 0.1) is 0 Å². The molecule has 0 aliphatic carbocycles. The average molecular weight is 812 g/mol. The van der Waals surface area contributed by atoms with Crippen molar-refractivity contribution in [3.05, 3.63) is 65.7 Å². The van der Waals surface area contributed by atoms with Crippen molar-refractivity contribution >= 4 is 47.5 Å². The number of aliphatic hydroxyl groups is 1. The van der Waals surface area contributed by atoms with Crippen molar-refractivity contribution in [3.8, 4) is 5.75 Å². The molecule has 1 aliphatic heterocycles. The Labute approximate surface area is 335 Å². The van der Waals surface area contributed by atoms with Gasteiger partial charge in [-0.3, -0.25) is 28.8 Å². The minimum atomic E-state index is -1.78. The number of rotatable bonds is 15. The molecular weight excluding hydrogens is 758 g/mol. The lowest BCUT2D eigenvalue weighted by molar-refractivity contribution is -0.157. The molecule has 19 heteroatoms. The van der Waals surface area contributed by atoms with Gasteiger partial charge in [-0.15, -0.1) is 0 Å². The van der Waals surface area contributed by atoms with E-state index in [4.69, 9.17) is 10.5 Å². The molecule has 2 aromatic rings. The van der Waals surface area contributed by atoms with Crippen molar-refractivity contribution in [3.63, 3.8) is 0 Å². The maximum atomic E-state index is 14.1. The van der Waals surface area contributed by atoms with Crippen LogP contribution in [0.2, 0.25) is 0 Å². The lowest BCUT2D eigenvalue weighted by Crippen LogP contribution is -2.60. The van der Waals surface area contributed by atoms with Crippen molar-refractivity contribution in [2.45, 2.75) is 107 Å². The molecule has 1 heterocycles. The van der Waals surface area contributed by atoms with Crippen LogP contribution in [0.3, 0.4) is 0 Å². The van der Waals surface area contributed by atoms with Gasteiger partial charge in [-0.2, -0.15) is 0 Å². The number of ether oxygens (including phenoxy) is 1. The molecule has 0 aromatic heterocycles. The number of amides is 7. The zero-order valence-corrected chi connectivity index (χ0v) is 32.2. The Bertz CT molecular complexity index is 1730. The van der Waals surface area contributed by atoms with E-state index in [1.807, 2.05) is 6.92 Å². The maximum absolute atomic E-state index is 14.1. The van der Waals surface area contributed by atoms with Crippen LogP contribution < -0.4 is 37.6 Å². The Morgan fingerprint density at radius 3 is 1.84 bits per heavy atom. The summed E-state index contributed by atoms with van der Waals surface area (Å²) in [7, 11) is 0. The van der Waals surface area contributed by atoms with Gasteiger partial charge in [0.2, 0.25) is 29.5 Å². The van der Waals surface area contributed by atoms with E-state index < -0.39 is 103 Å². The van der Waals surface area contributed by atoms with Gasteiger partial charge in [-0.05, 0) is 48.9 Å². The molecule has 58 heavy (non-hydrogen) atoms. The zero-order valence-electron chi connectivity index (χ0n) is 32.2. The Morgan fingerprint density at radius 2 is 1.28 bits per heavy atom. The summed E-state index contributed by atoms with van der Waals surface area (Å²) in [5.41, 5.74) is 6.25. The fraction of sp³-hybridized carbons (Fsp3) is 0.487. The number of carboxylic acid groups (broad SMARTS) is 1. The molecule has 6 atom stereocenters. The van der Waals surface area contributed by atoms with E-state index >= 15 is 0 Å². The number of nitrogens with one attached hydrogen (secondary N) is 6. The fourth-order valence-corrected chi connectivity index (χ4v) is 6.11. The zero-order chi connectivity index (χ0) is 42.6. The fourth-order valence-electron chi connectivity index (χ4n) is 6.11. The molecular formula is C39H53N7O12. The van der Waals surface area contributed by atoms with Crippen LogP contribution in [0.1, 0.15) is 69.4 Å². The van der Waals surface area contributed by atoms with Gasteiger partial charge in [-0.1, -0.05) is 62.2 Å². The van der Waals surface area contributed by atoms with Crippen LogP contribution in [-0.4, -0.2) is 112 Å². The molecule has 0 saturated carbocycles. The van der Waals surface area contributed by atoms with Crippen molar-refractivity contribution < 1.29 is 58.4 Å². The number of unbranched alkanes of at least 4 members (excludes halogenated alkanes) is 2. The van der Waals surface area contributed by atoms with E-state index in [1.165, 1.54) is 24.3 Å². The van der Waals surface area contributed by atoms with Gasteiger partial charge >= 0.3 is 18.0 Å².